The maximum atomic E-state index is 12.1. The van der Waals surface area contributed by atoms with Gasteiger partial charge in [0.05, 0.1) is 24.0 Å². The number of likely N-dealkylation sites (tertiary alicyclic amines) is 1. The van der Waals surface area contributed by atoms with Crippen LogP contribution in [0.15, 0.2) is 30.5 Å². The van der Waals surface area contributed by atoms with Crippen molar-refractivity contribution in [1.82, 2.24) is 29.7 Å². The zero-order valence-corrected chi connectivity index (χ0v) is 20.4. The molecule has 8 nitrogen and oxygen atoms in total. The summed E-state index contributed by atoms with van der Waals surface area (Å²) < 4.78 is 1.68. The summed E-state index contributed by atoms with van der Waals surface area (Å²) in [6.45, 7) is 2.23. The molecule has 9 heteroatoms. The van der Waals surface area contributed by atoms with Gasteiger partial charge in [-0.15, -0.1) is 0 Å². The van der Waals surface area contributed by atoms with Crippen molar-refractivity contribution in [1.29, 1.82) is 0 Å². The van der Waals surface area contributed by atoms with E-state index in [0.717, 1.165) is 42.8 Å². The number of aromatic nitrogens is 3. The molecule has 2 amide bonds. The molecule has 2 aliphatic carbocycles. The highest BCUT2D eigenvalue weighted by atomic mass is 35.5. The van der Waals surface area contributed by atoms with E-state index in [9.17, 15) is 4.79 Å². The molecule has 4 heterocycles. The second kappa shape index (κ2) is 7.70. The number of carbonyl (C=O) groups is 1. The molecule has 2 unspecified atom stereocenters. The second-order valence-electron chi connectivity index (χ2n) is 10.4. The van der Waals surface area contributed by atoms with E-state index in [1.54, 1.807) is 4.52 Å². The lowest BCUT2D eigenvalue weighted by Crippen LogP contribution is -2.50. The Labute approximate surface area is 208 Å². The molecule has 2 aromatic heterocycles. The van der Waals surface area contributed by atoms with Gasteiger partial charge in [-0.2, -0.15) is 9.61 Å². The summed E-state index contributed by atoms with van der Waals surface area (Å²) in [5.74, 6) is 1.62. The van der Waals surface area contributed by atoms with E-state index >= 15 is 0 Å². The van der Waals surface area contributed by atoms with Gasteiger partial charge < -0.3 is 16.0 Å². The van der Waals surface area contributed by atoms with Gasteiger partial charge in [-0.05, 0) is 47.8 Å². The van der Waals surface area contributed by atoms with Crippen molar-refractivity contribution in [2.24, 2.45) is 11.8 Å². The van der Waals surface area contributed by atoms with Crippen LogP contribution >= 0.6 is 11.6 Å². The van der Waals surface area contributed by atoms with Gasteiger partial charge in [0.25, 0.3) is 0 Å². The first-order chi connectivity index (χ1) is 17.0. The molecule has 35 heavy (non-hydrogen) atoms. The number of nitrogens with one attached hydrogen (secondary N) is 1. The highest BCUT2D eigenvalue weighted by molar-refractivity contribution is 6.33. The lowest BCUT2D eigenvalue weighted by Gasteiger charge is -2.35. The van der Waals surface area contributed by atoms with Crippen LogP contribution in [0, 0.1) is 11.8 Å². The van der Waals surface area contributed by atoms with Crippen molar-refractivity contribution < 1.29 is 4.79 Å². The van der Waals surface area contributed by atoms with Crippen LogP contribution in [0.25, 0.3) is 17.3 Å². The maximum Gasteiger partial charge on any atom is 0.317 e. The van der Waals surface area contributed by atoms with Crippen LogP contribution < -0.4 is 11.1 Å². The topological polar surface area (TPSA) is 91.8 Å². The molecule has 4 atom stereocenters. The van der Waals surface area contributed by atoms with Crippen molar-refractivity contribution in [2.45, 2.75) is 37.9 Å². The van der Waals surface area contributed by atoms with E-state index < -0.39 is 0 Å². The third-order valence-electron chi connectivity index (χ3n) is 8.33. The first kappa shape index (κ1) is 21.2. The molecule has 180 valence electrons. The fourth-order valence-electron chi connectivity index (χ4n) is 6.28. The Balaban J connectivity index is 1.24. The van der Waals surface area contributed by atoms with Crippen molar-refractivity contribution in [2.75, 3.05) is 25.9 Å². The van der Waals surface area contributed by atoms with Crippen LogP contribution in [0.3, 0.4) is 0 Å². The molecule has 0 spiro atoms. The fourth-order valence-corrected chi connectivity index (χ4v) is 6.46. The van der Waals surface area contributed by atoms with Crippen molar-refractivity contribution in [3.8, 4) is 0 Å². The number of nitrogens with two attached hydrogens (primary N) is 1. The van der Waals surface area contributed by atoms with Crippen molar-refractivity contribution >= 4 is 40.7 Å². The first-order valence-electron chi connectivity index (χ1n) is 12.3. The number of rotatable bonds is 3. The summed E-state index contributed by atoms with van der Waals surface area (Å²) in [5, 5.41) is 8.12. The minimum atomic E-state index is 0.00389. The van der Waals surface area contributed by atoms with Gasteiger partial charge in [-0.3, -0.25) is 4.90 Å². The zero-order valence-electron chi connectivity index (χ0n) is 19.6. The number of hydrogen-bond donors (Lipinski definition) is 2. The fraction of sp³-hybridized carbons (Fsp3) is 0.423. The summed E-state index contributed by atoms with van der Waals surface area (Å²) in [6.07, 6.45) is 7.45. The monoisotopic (exact) mass is 489 g/mol. The average Bonchev–Trinajstić information content (AvgIpc) is 3.43. The van der Waals surface area contributed by atoms with Crippen LogP contribution in [-0.4, -0.2) is 62.6 Å². The number of nitrogens with zero attached hydrogens (tertiary/aromatic N) is 5. The predicted octanol–water partition coefficient (Wildman–Crippen LogP) is 3.30. The Kier molecular flexibility index (Phi) is 4.66. The number of halogens is 1. The molecule has 0 bridgehead atoms. The zero-order chi connectivity index (χ0) is 23.8. The van der Waals surface area contributed by atoms with Gasteiger partial charge in [-0.25, -0.2) is 9.78 Å². The van der Waals surface area contributed by atoms with Gasteiger partial charge in [0.1, 0.15) is 10.8 Å². The highest BCUT2D eigenvalue weighted by Crippen LogP contribution is 2.53. The molecule has 3 aromatic rings. The Morgan fingerprint density at radius 2 is 2.14 bits per heavy atom. The molecule has 3 fully saturated rings. The molecule has 2 aliphatic heterocycles. The molecule has 1 aromatic carbocycles. The molecule has 4 aliphatic rings. The van der Waals surface area contributed by atoms with Gasteiger partial charge in [0.15, 0.2) is 5.65 Å². The molecular weight excluding hydrogens is 462 g/mol. The number of anilines is 1. The molecular formula is C26H28ClN7O. The normalized spacial score (nSPS) is 27.7. The molecule has 2 saturated heterocycles. The number of fused-ring (bicyclic) bond motifs is 4. The van der Waals surface area contributed by atoms with Gasteiger partial charge >= 0.3 is 6.03 Å². The van der Waals surface area contributed by atoms with Gasteiger partial charge in [0, 0.05) is 32.2 Å². The van der Waals surface area contributed by atoms with Gasteiger partial charge in [-0.1, -0.05) is 41.9 Å². The van der Waals surface area contributed by atoms with Crippen molar-refractivity contribution in [3.05, 3.63) is 57.9 Å². The Morgan fingerprint density at radius 3 is 3.03 bits per heavy atom. The second-order valence-corrected chi connectivity index (χ2v) is 10.8. The number of hydrogen-bond acceptors (Lipinski definition) is 5. The number of amides is 2. The third kappa shape index (κ3) is 3.34. The number of carbonyl (C=O) groups excluding carboxylic acids is 1. The average molecular weight is 490 g/mol. The molecule has 1 saturated carbocycles. The van der Waals surface area contributed by atoms with E-state index in [1.165, 1.54) is 23.1 Å². The predicted molar refractivity (Wildman–Crippen MR) is 136 cm³/mol. The van der Waals surface area contributed by atoms with Crippen LogP contribution in [0.1, 0.15) is 35.2 Å². The van der Waals surface area contributed by atoms with Crippen molar-refractivity contribution in [3.63, 3.8) is 0 Å². The van der Waals surface area contributed by atoms with E-state index in [2.05, 4.69) is 45.7 Å². The SMILES string of the molecule is CN1C(=O)N[C@H]2CN(Cc3nc4c(C5=Cc6ccccc6CC6CC56)cnn4c(N)c3Cl)CC[C@H]21. The first-order valence-corrected chi connectivity index (χ1v) is 12.7. The smallest absolute Gasteiger partial charge is 0.317 e. The van der Waals surface area contributed by atoms with Gasteiger partial charge in [0.2, 0.25) is 0 Å². The molecule has 3 N–H and O–H groups in total. The summed E-state index contributed by atoms with van der Waals surface area (Å²) in [5.41, 5.74) is 13.0. The van der Waals surface area contributed by atoms with E-state index in [4.69, 9.17) is 22.3 Å². The quantitative estimate of drug-likeness (QED) is 0.589. The van der Waals surface area contributed by atoms with E-state index in [0.29, 0.717) is 29.2 Å². The Morgan fingerprint density at radius 1 is 1.29 bits per heavy atom. The largest absolute Gasteiger partial charge is 0.382 e. The minimum absolute atomic E-state index is 0.00389. The number of allylic oxidation sites excluding steroid dienone is 1. The van der Waals surface area contributed by atoms with E-state index in [-0.39, 0.29) is 18.1 Å². The number of benzene rings is 1. The van der Waals surface area contributed by atoms with Crippen LogP contribution in [0.4, 0.5) is 10.6 Å². The standard InChI is InChI=1S/C26H28ClN7O/c1-32-22-6-7-33(12-20(22)31-26(32)35)13-21-23(27)24(28)34-25(30-21)19(11-29-34)18-9-15-5-3-2-4-14(15)8-16-10-17(16)18/h2-5,9,11,16-17,20,22H,6-8,10,12-13,28H2,1H3,(H,31,35)/t16?,17?,20-,22+/m0/s1. The lowest BCUT2D eigenvalue weighted by atomic mass is 10.00. The van der Waals surface area contributed by atoms with E-state index in [1.807, 2.05) is 18.1 Å². The molecule has 0 radical (unpaired) electrons. The maximum absolute atomic E-state index is 12.1. The number of urea groups is 1. The highest BCUT2D eigenvalue weighted by Gasteiger charge is 2.43. The minimum Gasteiger partial charge on any atom is -0.382 e. The van der Waals surface area contributed by atoms with Crippen LogP contribution in [0.2, 0.25) is 5.02 Å². The number of nitrogen functional groups attached to an aromatic ring is 1. The molecule has 7 rings (SSSR count). The summed E-state index contributed by atoms with van der Waals surface area (Å²) >= 11 is 6.71. The summed E-state index contributed by atoms with van der Waals surface area (Å²) in [7, 11) is 1.87. The Bertz CT molecular complexity index is 1400. The number of piperidine rings is 1. The van der Waals surface area contributed by atoms with Crippen LogP contribution in [0.5, 0.6) is 0 Å². The summed E-state index contributed by atoms with van der Waals surface area (Å²) in [4.78, 5) is 21.2. The Hall–Kier alpha value is -3.10. The third-order valence-corrected chi connectivity index (χ3v) is 8.74. The number of likely N-dealkylation sites (N-methyl/N-ethyl adjacent to an activating group) is 1. The lowest BCUT2D eigenvalue weighted by molar-refractivity contribution is 0.146. The summed E-state index contributed by atoms with van der Waals surface area (Å²) in [6, 6.07) is 9.02. The van der Waals surface area contributed by atoms with Crippen LogP contribution in [-0.2, 0) is 13.0 Å².